The normalized spacial score (nSPS) is 21.2. The molecule has 0 unspecified atom stereocenters. The molecule has 0 radical (unpaired) electrons. The molecule has 1 aliphatic carbocycles. The van der Waals surface area contributed by atoms with Crippen LogP contribution in [0.5, 0.6) is 11.5 Å². The summed E-state index contributed by atoms with van der Waals surface area (Å²) < 4.78 is 5.44. The van der Waals surface area contributed by atoms with Crippen LogP contribution in [0.1, 0.15) is 42.0 Å². The van der Waals surface area contributed by atoms with Crippen LogP contribution in [0.2, 0.25) is 5.02 Å². The van der Waals surface area contributed by atoms with Crippen LogP contribution in [0.3, 0.4) is 0 Å². The number of aliphatic imine (C=N–C) groups is 1. The lowest BCUT2D eigenvalue weighted by Crippen LogP contribution is -2.28. The van der Waals surface area contributed by atoms with Crippen molar-refractivity contribution in [3.05, 3.63) is 94.5 Å². The van der Waals surface area contributed by atoms with Crippen molar-refractivity contribution in [3.8, 4) is 11.5 Å². The summed E-state index contributed by atoms with van der Waals surface area (Å²) in [7, 11) is 0. The highest BCUT2D eigenvalue weighted by Crippen LogP contribution is 2.49. The number of ether oxygens (including phenoxy) is 1. The van der Waals surface area contributed by atoms with Crippen molar-refractivity contribution in [1.82, 2.24) is 0 Å². The highest BCUT2D eigenvalue weighted by atomic mass is 35.5. The lowest BCUT2D eigenvalue weighted by atomic mass is 9.77. The fraction of sp³-hybridized carbons (Fsp3) is 0.222. The molecule has 0 bridgehead atoms. The minimum Gasteiger partial charge on any atom is -0.503 e. The van der Waals surface area contributed by atoms with E-state index >= 15 is 0 Å². The van der Waals surface area contributed by atoms with E-state index in [0.717, 1.165) is 17.7 Å². The number of phenolic OH excluding ortho intramolecular Hbond substituents is 1. The summed E-state index contributed by atoms with van der Waals surface area (Å²) in [6, 6.07) is 20.7. The molecular weight excluding hydrogens is 420 g/mol. The van der Waals surface area contributed by atoms with Crippen LogP contribution >= 0.6 is 11.6 Å². The zero-order valence-corrected chi connectivity index (χ0v) is 18.6. The number of anilines is 1. The number of benzene rings is 3. The number of phenols is 1. The highest BCUT2D eigenvalue weighted by molar-refractivity contribution is 6.32. The van der Waals surface area contributed by atoms with Gasteiger partial charge in [-0.3, -0.25) is 4.99 Å². The van der Waals surface area contributed by atoms with Crippen LogP contribution < -0.4 is 10.1 Å². The molecule has 3 aromatic rings. The minimum absolute atomic E-state index is 0.0451. The highest BCUT2D eigenvalue weighted by Gasteiger charge is 2.37. The smallest absolute Gasteiger partial charge is 0.176 e. The van der Waals surface area contributed by atoms with Gasteiger partial charge in [-0.15, -0.1) is 0 Å². The van der Waals surface area contributed by atoms with Crippen molar-refractivity contribution < 1.29 is 9.84 Å². The first-order valence-corrected chi connectivity index (χ1v) is 11.3. The van der Waals surface area contributed by atoms with Crippen molar-refractivity contribution in [3.63, 3.8) is 0 Å². The maximum atomic E-state index is 10.0. The summed E-state index contributed by atoms with van der Waals surface area (Å²) in [6.45, 7) is 2.31. The number of fused-ring (bicyclic) bond motifs is 3. The first-order valence-electron chi connectivity index (χ1n) is 11.0. The predicted octanol–water partition coefficient (Wildman–Crippen LogP) is 7.02. The summed E-state index contributed by atoms with van der Waals surface area (Å²) in [5, 5.41) is 14.0. The first-order chi connectivity index (χ1) is 15.6. The number of hydrogen-bond acceptors (Lipinski definition) is 4. The van der Waals surface area contributed by atoms with E-state index in [2.05, 4.69) is 58.9 Å². The zero-order valence-electron chi connectivity index (χ0n) is 17.8. The molecule has 2 aliphatic rings. The van der Waals surface area contributed by atoms with E-state index in [1.807, 2.05) is 19.1 Å². The van der Waals surface area contributed by atoms with Gasteiger partial charge >= 0.3 is 0 Å². The lowest BCUT2D eigenvalue weighted by Gasteiger charge is -2.37. The number of nitrogens with zero attached hydrogens (tertiary/aromatic N) is 1. The fourth-order valence-electron chi connectivity index (χ4n) is 4.72. The third-order valence-corrected chi connectivity index (χ3v) is 6.53. The van der Waals surface area contributed by atoms with Gasteiger partial charge in [0.15, 0.2) is 11.5 Å². The van der Waals surface area contributed by atoms with Gasteiger partial charge in [0.25, 0.3) is 0 Å². The van der Waals surface area contributed by atoms with Crippen LogP contribution in [-0.2, 0) is 0 Å². The van der Waals surface area contributed by atoms with Crippen molar-refractivity contribution in [2.24, 2.45) is 10.9 Å². The number of para-hydroxylation sites is 1. The molecule has 1 heterocycles. The van der Waals surface area contributed by atoms with E-state index in [0.29, 0.717) is 24.2 Å². The van der Waals surface area contributed by atoms with E-state index in [-0.39, 0.29) is 16.8 Å². The molecule has 0 aromatic heterocycles. The maximum absolute atomic E-state index is 10.0. The van der Waals surface area contributed by atoms with Gasteiger partial charge in [-0.1, -0.05) is 54.1 Å². The van der Waals surface area contributed by atoms with Crippen LogP contribution in [-0.4, -0.2) is 17.9 Å². The van der Waals surface area contributed by atoms with Crippen LogP contribution in [0, 0.1) is 5.92 Å². The van der Waals surface area contributed by atoms with E-state index < -0.39 is 0 Å². The number of halogens is 1. The Morgan fingerprint density at radius 1 is 1.16 bits per heavy atom. The molecular formula is C27H25ClN2O2. The van der Waals surface area contributed by atoms with E-state index in [1.165, 1.54) is 16.8 Å². The molecule has 3 aromatic carbocycles. The van der Waals surface area contributed by atoms with Crippen LogP contribution in [0.25, 0.3) is 0 Å². The summed E-state index contributed by atoms with van der Waals surface area (Å²) >= 11 is 6.12. The number of nitrogens with one attached hydrogen (secondary N) is 1. The van der Waals surface area contributed by atoms with Crippen molar-refractivity contribution in [2.45, 2.75) is 25.3 Å². The molecule has 2 N–H and O–H groups in total. The first kappa shape index (κ1) is 20.7. The number of hydrogen-bond donors (Lipinski definition) is 2. The molecule has 0 fully saturated rings. The monoisotopic (exact) mass is 444 g/mol. The third kappa shape index (κ3) is 3.87. The Morgan fingerprint density at radius 2 is 1.97 bits per heavy atom. The van der Waals surface area contributed by atoms with Gasteiger partial charge in [0, 0.05) is 17.8 Å². The van der Waals surface area contributed by atoms with Crippen molar-refractivity contribution in [1.29, 1.82) is 0 Å². The lowest BCUT2D eigenvalue weighted by molar-refractivity contribution is 0.318. The van der Waals surface area contributed by atoms with Gasteiger partial charge in [0.2, 0.25) is 0 Å². The molecule has 0 spiro atoms. The van der Waals surface area contributed by atoms with Gasteiger partial charge in [0.1, 0.15) is 0 Å². The molecule has 3 atom stereocenters. The average molecular weight is 445 g/mol. The summed E-state index contributed by atoms with van der Waals surface area (Å²) in [6.07, 6.45) is 7.48. The Balaban J connectivity index is 1.36. The molecule has 32 heavy (non-hydrogen) atoms. The molecule has 4 nitrogen and oxygen atoms in total. The number of allylic oxidation sites excluding steroid dienone is 2. The second kappa shape index (κ2) is 8.71. The van der Waals surface area contributed by atoms with Gasteiger partial charge in [-0.2, -0.15) is 0 Å². The third-order valence-electron chi connectivity index (χ3n) is 6.24. The molecule has 0 saturated carbocycles. The van der Waals surface area contributed by atoms with E-state index in [1.54, 1.807) is 18.3 Å². The Hall–Kier alpha value is -3.24. The van der Waals surface area contributed by atoms with Gasteiger partial charge in [-0.25, -0.2) is 0 Å². The SMILES string of the molecule is CCOc1cc(C=Nc2ccc([C@@H]3Nc4ccccc4[C@H]4C=CC[C@H]43)cc2)cc(Cl)c1O. The Labute approximate surface area is 193 Å². The summed E-state index contributed by atoms with van der Waals surface area (Å²) in [5.41, 5.74) is 5.51. The summed E-state index contributed by atoms with van der Waals surface area (Å²) in [5.74, 6) is 1.31. The standard InChI is InChI=1S/C27H25ClN2O2/c1-2-32-25-15-17(14-23(28)27(25)31)16-29-19-12-10-18(11-13-19)26-22-8-5-7-20(22)21-6-3-4-9-24(21)30-26/h3-7,9-16,20,22,26,30-31H,2,8H2,1H3/t20-,22-,26+/m1/s1. The molecule has 0 saturated heterocycles. The average Bonchev–Trinajstić information content (AvgIpc) is 3.31. The van der Waals surface area contributed by atoms with Crippen molar-refractivity contribution in [2.75, 3.05) is 11.9 Å². The van der Waals surface area contributed by atoms with Gasteiger partial charge in [0.05, 0.1) is 23.4 Å². The maximum Gasteiger partial charge on any atom is 0.176 e. The second-order valence-corrected chi connectivity index (χ2v) is 8.60. The molecule has 162 valence electrons. The number of rotatable bonds is 5. The zero-order chi connectivity index (χ0) is 22.1. The predicted molar refractivity (Wildman–Crippen MR) is 131 cm³/mol. The quantitative estimate of drug-likeness (QED) is 0.328. The Kier molecular flexibility index (Phi) is 5.62. The largest absolute Gasteiger partial charge is 0.503 e. The molecule has 0 amide bonds. The van der Waals surface area contributed by atoms with Crippen molar-refractivity contribution >= 4 is 29.2 Å². The Morgan fingerprint density at radius 3 is 2.78 bits per heavy atom. The van der Waals surface area contributed by atoms with Gasteiger partial charge < -0.3 is 15.2 Å². The summed E-state index contributed by atoms with van der Waals surface area (Å²) in [4.78, 5) is 4.58. The van der Waals surface area contributed by atoms with E-state index in [4.69, 9.17) is 16.3 Å². The molecule has 5 rings (SSSR count). The fourth-order valence-corrected chi connectivity index (χ4v) is 4.94. The minimum atomic E-state index is -0.0451. The van der Waals surface area contributed by atoms with Crippen LogP contribution in [0.15, 0.2) is 77.8 Å². The number of aromatic hydroxyl groups is 1. The molecule has 5 heteroatoms. The topological polar surface area (TPSA) is 53.8 Å². The Bertz CT molecular complexity index is 1190. The second-order valence-electron chi connectivity index (χ2n) is 8.19. The van der Waals surface area contributed by atoms with Gasteiger partial charge in [-0.05, 0) is 66.3 Å². The molecule has 1 aliphatic heterocycles. The van der Waals surface area contributed by atoms with Crippen LogP contribution in [0.4, 0.5) is 11.4 Å². The van der Waals surface area contributed by atoms with E-state index in [9.17, 15) is 5.11 Å².